The van der Waals surface area contributed by atoms with Crippen molar-refractivity contribution in [2.24, 2.45) is 0 Å². The summed E-state index contributed by atoms with van der Waals surface area (Å²) in [7, 11) is 0. The van der Waals surface area contributed by atoms with Gasteiger partial charge in [-0.1, -0.05) is 0 Å². The molecule has 52 valence electrons. The highest BCUT2D eigenvalue weighted by molar-refractivity contribution is 5.05. The van der Waals surface area contributed by atoms with Crippen LogP contribution >= 0.6 is 0 Å². The molecule has 0 N–H and O–H groups in total. The van der Waals surface area contributed by atoms with E-state index in [0.29, 0.717) is 6.10 Å². The van der Waals surface area contributed by atoms with E-state index in [9.17, 15) is 0 Å². The van der Waals surface area contributed by atoms with Crippen LogP contribution in [0.5, 0.6) is 0 Å². The molecule has 0 amide bonds. The van der Waals surface area contributed by atoms with Gasteiger partial charge in [0, 0.05) is 0 Å². The van der Waals surface area contributed by atoms with Crippen LogP contribution in [0.1, 0.15) is 33.1 Å². The van der Waals surface area contributed by atoms with Crippen molar-refractivity contribution in [3.8, 4) is 0 Å². The fraction of sp³-hybridized carbons (Fsp3) is 0.750. The van der Waals surface area contributed by atoms with Crippen LogP contribution in [0.3, 0.4) is 0 Å². The van der Waals surface area contributed by atoms with Crippen LogP contribution in [0.4, 0.5) is 0 Å². The molecule has 9 heavy (non-hydrogen) atoms. The normalized spacial score (nSPS) is 17.4. The van der Waals surface area contributed by atoms with Crippen LogP contribution in [0.15, 0.2) is 11.8 Å². The van der Waals surface area contributed by atoms with E-state index in [0.717, 1.165) is 0 Å². The number of hydrogen-bond acceptors (Lipinski definition) is 1. The second kappa shape index (κ2) is 2.90. The van der Waals surface area contributed by atoms with Crippen molar-refractivity contribution in [1.29, 1.82) is 0 Å². The van der Waals surface area contributed by atoms with Crippen molar-refractivity contribution < 1.29 is 4.74 Å². The van der Waals surface area contributed by atoms with Gasteiger partial charge in [0.2, 0.25) is 0 Å². The zero-order valence-corrected chi connectivity index (χ0v) is 6.18. The summed E-state index contributed by atoms with van der Waals surface area (Å²) in [4.78, 5) is 0. The molecule has 0 bridgehead atoms. The van der Waals surface area contributed by atoms with E-state index in [4.69, 9.17) is 4.74 Å². The lowest BCUT2D eigenvalue weighted by Gasteiger charge is -2.16. The summed E-state index contributed by atoms with van der Waals surface area (Å²) >= 11 is 0. The summed E-state index contributed by atoms with van der Waals surface area (Å²) in [6.07, 6.45) is 6.14. The lowest BCUT2D eigenvalue weighted by molar-refractivity contribution is 0.174. The Labute approximate surface area is 56.7 Å². The predicted octanol–water partition coefficient (Wildman–Crippen LogP) is 2.48. The molecule has 1 aliphatic carbocycles. The van der Waals surface area contributed by atoms with Crippen LogP contribution in [0, 0.1) is 0 Å². The first-order valence-corrected chi connectivity index (χ1v) is 3.62. The van der Waals surface area contributed by atoms with Gasteiger partial charge in [0.25, 0.3) is 0 Å². The van der Waals surface area contributed by atoms with Gasteiger partial charge in [-0.15, -0.1) is 0 Å². The zero-order chi connectivity index (χ0) is 6.69. The van der Waals surface area contributed by atoms with Crippen LogP contribution < -0.4 is 0 Å². The van der Waals surface area contributed by atoms with E-state index in [2.05, 4.69) is 13.8 Å². The van der Waals surface area contributed by atoms with Crippen LogP contribution in [-0.2, 0) is 4.74 Å². The molecular weight excluding hydrogens is 112 g/mol. The summed E-state index contributed by atoms with van der Waals surface area (Å²) in [5.74, 6) is 0. The highest BCUT2D eigenvalue weighted by Crippen LogP contribution is 2.24. The smallest absolute Gasteiger partial charge is 0.0922 e. The van der Waals surface area contributed by atoms with Crippen molar-refractivity contribution >= 4 is 0 Å². The van der Waals surface area contributed by atoms with Gasteiger partial charge in [-0.3, -0.25) is 0 Å². The Morgan fingerprint density at radius 1 is 1.44 bits per heavy atom. The maximum Gasteiger partial charge on any atom is 0.0922 e. The standard InChI is InChI=1S/C8H14O/c1-7(2)9-6-8-4-3-5-8/h6-7H,3-5H2,1-2H3. The Morgan fingerprint density at radius 3 is 2.44 bits per heavy atom. The van der Waals surface area contributed by atoms with E-state index in [1.54, 1.807) is 0 Å². The summed E-state index contributed by atoms with van der Waals surface area (Å²) < 4.78 is 5.28. The van der Waals surface area contributed by atoms with Gasteiger partial charge in [-0.05, 0) is 38.7 Å². The molecule has 0 radical (unpaired) electrons. The molecular formula is C8H14O. The Morgan fingerprint density at radius 2 is 2.11 bits per heavy atom. The van der Waals surface area contributed by atoms with Crippen LogP contribution in [-0.4, -0.2) is 6.10 Å². The molecule has 0 aliphatic heterocycles. The molecule has 1 rings (SSSR count). The zero-order valence-electron chi connectivity index (χ0n) is 6.18. The molecule has 1 fully saturated rings. The van der Waals surface area contributed by atoms with Gasteiger partial charge in [-0.25, -0.2) is 0 Å². The molecule has 1 saturated carbocycles. The SMILES string of the molecule is CC(C)OC=C1CCC1. The monoisotopic (exact) mass is 126 g/mol. The molecule has 0 saturated heterocycles. The third-order valence-electron chi connectivity index (χ3n) is 1.50. The van der Waals surface area contributed by atoms with Gasteiger partial charge in [0.05, 0.1) is 12.4 Å². The molecule has 0 spiro atoms. The first kappa shape index (κ1) is 6.66. The number of allylic oxidation sites excluding steroid dienone is 1. The third kappa shape index (κ3) is 2.08. The van der Waals surface area contributed by atoms with Crippen molar-refractivity contribution in [3.05, 3.63) is 11.8 Å². The van der Waals surface area contributed by atoms with Gasteiger partial charge >= 0.3 is 0 Å². The Bertz CT molecular complexity index is 108. The van der Waals surface area contributed by atoms with Crippen LogP contribution in [0.2, 0.25) is 0 Å². The van der Waals surface area contributed by atoms with Crippen molar-refractivity contribution in [3.63, 3.8) is 0 Å². The second-order valence-corrected chi connectivity index (χ2v) is 2.81. The maximum atomic E-state index is 5.28. The average molecular weight is 126 g/mol. The lowest BCUT2D eigenvalue weighted by Crippen LogP contribution is -2.01. The van der Waals surface area contributed by atoms with Crippen molar-refractivity contribution in [2.75, 3.05) is 0 Å². The minimum atomic E-state index is 0.345. The lowest BCUT2D eigenvalue weighted by atomic mass is 9.94. The first-order chi connectivity index (χ1) is 4.29. The highest BCUT2D eigenvalue weighted by atomic mass is 16.5. The molecule has 0 heterocycles. The highest BCUT2D eigenvalue weighted by Gasteiger charge is 2.07. The number of ether oxygens (including phenoxy) is 1. The summed E-state index contributed by atoms with van der Waals surface area (Å²) in [5, 5.41) is 0. The van der Waals surface area contributed by atoms with Crippen LogP contribution in [0.25, 0.3) is 0 Å². The van der Waals surface area contributed by atoms with Gasteiger partial charge in [0.15, 0.2) is 0 Å². The molecule has 0 aromatic carbocycles. The minimum Gasteiger partial charge on any atom is -0.499 e. The summed E-state index contributed by atoms with van der Waals surface area (Å²) in [5.41, 5.74) is 1.48. The first-order valence-electron chi connectivity index (χ1n) is 3.62. The van der Waals surface area contributed by atoms with Gasteiger partial charge in [0.1, 0.15) is 0 Å². The van der Waals surface area contributed by atoms with E-state index in [1.165, 1.54) is 24.8 Å². The number of hydrogen-bond donors (Lipinski definition) is 0. The van der Waals surface area contributed by atoms with E-state index < -0.39 is 0 Å². The van der Waals surface area contributed by atoms with E-state index >= 15 is 0 Å². The summed E-state index contributed by atoms with van der Waals surface area (Å²) in [6.45, 7) is 4.10. The van der Waals surface area contributed by atoms with E-state index in [1.807, 2.05) is 6.26 Å². The van der Waals surface area contributed by atoms with E-state index in [-0.39, 0.29) is 0 Å². The Kier molecular flexibility index (Phi) is 2.15. The largest absolute Gasteiger partial charge is 0.499 e. The van der Waals surface area contributed by atoms with Gasteiger partial charge in [-0.2, -0.15) is 0 Å². The molecule has 0 unspecified atom stereocenters. The third-order valence-corrected chi connectivity index (χ3v) is 1.50. The predicted molar refractivity (Wildman–Crippen MR) is 38.2 cm³/mol. The molecule has 0 atom stereocenters. The number of rotatable bonds is 2. The second-order valence-electron chi connectivity index (χ2n) is 2.81. The average Bonchev–Trinajstić information content (AvgIpc) is 1.60. The molecule has 1 nitrogen and oxygen atoms in total. The summed E-state index contributed by atoms with van der Waals surface area (Å²) in [6, 6.07) is 0. The van der Waals surface area contributed by atoms with Crippen molar-refractivity contribution in [1.82, 2.24) is 0 Å². The topological polar surface area (TPSA) is 9.23 Å². The quantitative estimate of drug-likeness (QED) is 0.516. The molecule has 0 aromatic heterocycles. The fourth-order valence-electron chi connectivity index (χ4n) is 0.731. The molecule has 0 aromatic rings. The maximum absolute atomic E-state index is 5.28. The Hall–Kier alpha value is -0.460. The molecule has 1 heteroatoms. The fourth-order valence-corrected chi connectivity index (χ4v) is 0.731. The molecule has 1 aliphatic rings. The minimum absolute atomic E-state index is 0.345. The van der Waals surface area contributed by atoms with Crippen molar-refractivity contribution in [2.45, 2.75) is 39.2 Å². The Balaban J connectivity index is 2.15. The van der Waals surface area contributed by atoms with Gasteiger partial charge < -0.3 is 4.74 Å².